The van der Waals surface area contributed by atoms with Crippen molar-refractivity contribution in [2.24, 2.45) is 5.10 Å². The standard InChI is InChI=1S/C23H18N4O2/c1-29-18-10-8-17(9-11-18)22-13-20(19-6-2-3-7-21(19)26-22)23(28)27-25-15-16-5-4-12-24-14-16/h2-15H,1H3,(H,27,28)/b25-15-. The lowest BCUT2D eigenvalue weighted by Crippen LogP contribution is -2.18. The van der Waals surface area contributed by atoms with Gasteiger partial charge in [0.2, 0.25) is 0 Å². The quantitative estimate of drug-likeness (QED) is 0.417. The van der Waals surface area contributed by atoms with Crippen LogP contribution in [0.1, 0.15) is 15.9 Å². The van der Waals surface area contributed by atoms with Gasteiger partial charge in [-0.2, -0.15) is 5.10 Å². The zero-order chi connectivity index (χ0) is 20.1. The van der Waals surface area contributed by atoms with Gasteiger partial charge in [0, 0.05) is 28.9 Å². The molecule has 142 valence electrons. The summed E-state index contributed by atoms with van der Waals surface area (Å²) in [5.74, 6) is 0.454. The van der Waals surface area contributed by atoms with Crippen molar-refractivity contribution in [3.05, 3.63) is 90.3 Å². The molecular formula is C23H18N4O2. The fourth-order valence-corrected chi connectivity index (χ4v) is 2.95. The Morgan fingerprint density at radius 3 is 2.66 bits per heavy atom. The second-order valence-corrected chi connectivity index (χ2v) is 6.29. The number of nitrogens with zero attached hydrogens (tertiary/aromatic N) is 3. The number of fused-ring (bicyclic) bond motifs is 1. The number of methoxy groups -OCH3 is 1. The molecule has 0 radical (unpaired) electrons. The topological polar surface area (TPSA) is 76.5 Å². The van der Waals surface area contributed by atoms with Crippen LogP contribution in [0.4, 0.5) is 0 Å². The Hall–Kier alpha value is -4.06. The smallest absolute Gasteiger partial charge is 0.272 e. The zero-order valence-corrected chi connectivity index (χ0v) is 15.7. The normalized spacial score (nSPS) is 10.9. The number of carbonyl (C=O) groups excluding carboxylic acids is 1. The van der Waals surface area contributed by atoms with Crippen molar-refractivity contribution in [3.63, 3.8) is 0 Å². The average Bonchev–Trinajstić information content (AvgIpc) is 2.79. The van der Waals surface area contributed by atoms with Crippen LogP contribution in [-0.2, 0) is 0 Å². The summed E-state index contributed by atoms with van der Waals surface area (Å²) in [5.41, 5.74) is 6.23. The highest BCUT2D eigenvalue weighted by molar-refractivity contribution is 6.07. The van der Waals surface area contributed by atoms with Gasteiger partial charge in [-0.3, -0.25) is 9.78 Å². The van der Waals surface area contributed by atoms with Crippen molar-refractivity contribution in [2.75, 3.05) is 7.11 Å². The largest absolute Gasteiger partial charge is 0.497 e. The van der Waals surface area contributed by atoms with Crippen LogP contribution in [-0.4, -0.2) is 29.2 Å². The summed E-state index contributed by atoms with van der Waals surface area (Å²) in [6.07, 6.45) is 4.90. The molecule has 6 nitrogen and oxygen atoms in total. The van der Waals surface area contributed by atoms with Crippen LogP contribution in [0.5, 0.6) is 5.75 Å². The molecule has 1 N–H and O–H groups in total. The predicted molar refractivity (Wildman–Crippen MR) is 113 cm³/mol. The van der Waals surface area contributed by atoms with Gasteiger partial charge in [-0.15, -0.1) is 0 Å². The first-order valence-electron chi connectivity index (χ1n) is 9.02. The van der Waals surface area contributed by atoms with E-state index in [0.29, 0.717) is 11.3 Å². The Morgan fingerprint density at radius 2 is 1.90 bits per heavy atom. The van der Waals surface area contributed by atoms with Gasteiger partial charge in [-0.1, -0.05) is 24.3 Å². The number of carbonyl (C=O) groups is 1. The van der Waals surface area contributed by atoms with E-state index in [4.69, 9.17) is 9.72 Å². The van der Waals surface area contributed by atoms with Crippen LogP contribution < -0.4 is 10.2 Å². The minimum atomic E-state index is -0.307. The molecule has 0 aliphatic rings. The fourth-order valence-electron chi connectivity index (χ4n) is 2.95. The first-order valence-corrected chi connectivity index (χ1v) is 9.02. The molecule has 0 saturated carbocycles. The van der Waals surface area contributed by atoms with E-state index in [0.717, 1.165) is 27.8 Å². The van der Waals surface area contributed by atoms with Gasteiger partial charge in [0.05, 0.1) is 30.1 Å². The molecule has 0 unspecified atom stereocenters. The second-order valence-electron chi connectivity index (χ2n) is 6.29. The molecule has 0 spiro atoms. The summed E-state index contributed by atoms with van der Waals surface area (Å²) >= 11 is 0. The maximum absolute atomic E-state index is 12.8. The van der Waals surface area contributed by atoms with E-state index < -0.39 is 0 Å². The van der Waals surface area contributed by atoms with Crippen LogP contribution in [0.3, 0.4) is 0 Å². The first-order chi connectivity index (χ1) is 14.2. The Kier molecular flexibility index (Phi) is 5.25. The van der Waals surface area contributed by atoms with Gasteiger partial charge in [-0.05, 0) is 42.5 Å². The van der Waals surface area contributed by atoms with Gasteiger partial charge >= 0.3 is 0 Å². The van der Waals surface area contributed by atoms with Gasteiger partial charge in [-0.25, -0.2) is 10.4 Å². The molecule has 2 aromatic carbocycles. The van der Waals surface area contributed by atoms with Crippen LogP contribution in [0.15, 0.2) is 84.2 Å². The summed E-state index contributed by atoms with van der Waals surface area (Å²) < 4.78 is 5.21. The Bertz CT molecular complexity index is 1170. The molecule has 29 heavy (non-hydrogen) atoms. The van der Waals surface area contributed by atoms with E-state index in [9.17, 15) is 4.79 Å². The number of amides is 1. The van der Waals surface area contributed by atoms with Gasteiger partial charge in [0.15, 0.2) is 0 Å². The molecule has 0 atom stereocenters. The summed E-state index contributed by atoms with van der Waals surface area (Å²) in [7, 11) is 1.62. The number of benzene rings is 2. The molecule has 6 heteroatoms. The molecule has 0 aliphatic heterocycles. The Morgan fingerprint density at radius 1 is 1.07 bits per heavy atom. The van der Waals surface area contributed by atoms with Crippen LogP contribution in [0.25, 0.3) is 22.2 Å². The minimum Gasteiger partial charge on any atom is -0.497 e. The molecule has 2 heterocycles. The number of hydrogen-bond donors (Lipinski definition) is 1. The van der Waals surface area contributed by atoms with Crippen LogP contribution in [0.2, 0.25) is 0 Å². The van der Waals surface area contributed by atoms with Crippen molar-refractivity contribution in [3.8, 4) is 17.0 Å². The monoisotopic (exact) mass is 382 g/mol. The molecule has 0 aliphatic carbocycles. The fraction of sp³-hybridized carbons (Fsp3) is 0.0435. The molecule has 0 bridgehead atoms. The maximum atomic E-state index is 12.8. The van der Waals surface area contributed by atoms with Gasteiger partial charge in [0.1, 0.15) is 5.75 Å². The van der Waals surface area contributed by atoms with Crippen molar-refractivity contribution >= 4 is 23.0 Å². The molecule has 4 rings (SSSR count). The third-order valence-corrected chi connectivity index (χ3v) is 4.41. The number of ether oxygens (including phenoxy) is 1. The molecule has 4 aromatic rings. The summed E-state index contributed by atoms with van der Waals surface area (Å²) in [6.45, 7) is 0. The van der Waals surface area contributed by atoms with E-state index in [-0.39, 0.29) is 5.91 Å². The number of hydrazone groups is 1. The van der Waals surface area contributed by atoms with E-state index in [1.165, 1.54) is 0 Å². The number of hydrogen-bond acceptors (Lipinski definition) is 5. The molecular weight excluding hydrogens is 364 g/mol. The number of nitrogens with one attached hydrogen (secondary N) is 1. The summed E-state index contributed by atoms with van der Waals surface area (Å²) in [6, 6.07) is 20.5. The molecule has 0 saturated heterocycles. The minimum absolute atomic E-state index is 0.307. The molecule has 1 amide bonds. The average molecular weight is 382 g/mol. The summed E-state index contributed by atoms with van der Waals surface area (Å²) in [4.78, 5) is 21.6. The first kappa shape index (κ1) is 18.3. The number of pyridine rings is 2. The zero-order valence-electron chi connectivity index (χ0n) is 15.7. The van der Waals surface area contributed by atoms with Crippen molar-refractivity contribution < 1.29 is 9.53 Å². The highest BCUT2D eigenvalue weighted by atomic mass is 16.5. The predicted octanol–water partition coefficient (Wildman–Crippen LogP) is 4.07. The summed E-state index contributed by atoms with van der Waals surface area (Å²) in [5, 5.41) is 4.81. The lowest BCUT2D eigenvalue weighted by molar-refractivity contribution is 0.0956. The van der Waals surface area contributed by atoms with Gasteiger partial charge < -0.3 is 4.74 Å². The Balaban J connectivity index is 1.68. The van der Waals surface area contributed by atoms with E-state index in [2.05, 4.69) is 15.5 Å². The highest BCUT2D eigenvalue weighted by Gasteiger charge is 2.13. The SMILES string of the molecule is COc1ccc(-c2cc(C(=O)N/N=C\c3cccnc3)c3ccccc3n2)cc1. The molecule has 0 fully saturated rings. The van der Waals surface area contributed by atoms with E-state index in [1.54, 1.807) is 37.9 Å². The maximum Gasteiger partial charge on any atom is 0.272 e. The van der Waals surface area contributed by atoms with Crippen LogP contribution >= 0.6 is 0 Å². The number of para-hydroxylation sites is 1. The lowest BCUT2D eigenvalue weighted by Gasteiger charge is -2.09. The Labute approximate surface area is 167 Å². The van der Waals surface area contributed by atoms with E-state index >= 15 is 0 Å². The number of aromatic nitrogens is 2. The third kappa shape index (κ3) is 4.11. The third-order valence-electron chi connectivity index (χ3n) is 4.41. The molecule has 2 aromatic heterocycles. The highest BCUT2D eigenvalue weighted by Crippen LogP contribution is 2.26. The lowest BCUT2D eigenvalue weighted by atomic mass is 10.0. The van der Waals surface area contributed by atoms with E-state index in [1.807, 2.05) is 54.6 Å². The van der Waals surface area contributed by atoms with Crippen LogP contribution in [0, 0.1) is 0 Å². The van der Waals surface area contributed by atoms with Crippen molar-refractivity contribution in [1.82, 2.24) is 15.4 Å². The van der Waals surface area contributed by atoms with Crippen molar-refractivity contribution in [1.29, 1.82) is 0 Å². The van der Waals surface area contributed by atoms with Gasteiger partial charge in [0.25, 0.3) is 5.91 Å². The van der Waals surface area contributed by atoms with Crippen molar-refractivity contribution in [2.45, 2.75) is 0 Å². The number of rotatable bonds is 5. The second kappa shape index (κ2) is 8.31.